The van der Waals surface area contributed by atoms with Crippen LogP contribution in [0.5, 0.6) is 0 Å². The van der Waals surface area contributed by atoms with Crippen molar-refractivity contribution in [2.24, 2.45) is 7.05 Å². The van der Waals surface area contributed by atoms with Gasteiger partial charge >= 0.3 is 6.03 Å². The van der Waals surface area contributed by atoms with Crippen LogP contribution in [-0.2, 0) is 26.6 Å². The summed E-state index contributed by atoms with van der Waals surface area (Å²) in [6.07, 6.45) is 2.28. The fourth-order valence-electron chi connectivity index (χ4n) is 4.76. The van der Waals surface area contributed by atoms with E-state index in [-0.39, 0.29) is 6.03 Å². The minimum atomic E-state index is -0.542. The number of carbonyl (C=O) groups is 1. The summed E-state index contributed by atoms with van der Waals surface area (Å²) in [5.74, 6) is 0. The van der Waals surface area contributed by atoms with Gasteiger partial charge in [0.25, 0.3) is 0 Å². The van der Waals surface area contributed by atoms with E-state index < -0.39 is 6.10 Å². The van der Waals surface area contributed by atoms with Crippen LogP contribution in [0.15, 0.2) is 48.8 Å². The minimum Gasteiger partial charge on any atom is -0.390 e. The zero-order valence-electron chi connectivity index (χ0n) is 17.9. The number of β-amino-alcohol motifs (C(OH)–C–C–N with tert-alkyl or cyclic N) is 1. The number of aromatic nitrogens is 2. The molecule has 2 aromatic carbocycles. The topological polar surface area (TPSA) is 64.8 Å². The Labute approximate surface area is 182 Å². The van der Waals surface area contributed by atoms with Crippen LogP contribution in [0.2, 0.25) is 0 Å². The zero-order valence-corrected chi connectivity index (χ0v) is 17.9. The lowest BCUT2D eigenvalue weighted by Gasteiger charge is -2.31. The fraction of sp³-hybridized carbons (Fsp3) is 0.417. The summed E-state index contributed by atoms with van der Waals surface area (Å²) >= 11 is 0. The molecule has 2 amide bonds. The summed E-state index contributed by atoms with van der Waals surface area (Å²) in [5.41, 5.74) is 5.88. The van der Waals surface area contributed by atoms with Gasteiger partial charge < -0.3 is 19.5 Å². The van der Waals surface area contributed by atoms with Gasteiger partial charge in [-0.3, -0.25) is 4.90 Å². The molecule has 0 aliphatic carbocycles. The van der Waals surface area contributed by atoms with E-state index in [0.717, 1.165) is 36.1 Å². The highest BCUT2D eigenvalue weighted by atomic mass is 16.3. The monoisotopic (exact) mass is 419 g/mol. The van der Waals surface area contributed by atoms with Gasteiger partial charge in [0.2, 0.25) is 0 Å². The molecule has 0 bridgehead atoms. The third-order valence-corrected chi connectivity index (χ3v) is 6.45. The number of hydrogen-bond acceptors (Lipinski definition) is 4. The molecule has 5 rings (SSSR count). The summed E-state index contributed by atoms with van der Waals surface area (Å²) < 4.78 is 1.99. The number of fused-ring (bicyclic) bond motifs is 2. The van der Waals surface area contributed by atoms with E-state index in [1.807, 2.05) is 28.6 Å². The Bertz CT molecular complexity index is 1090. The van der Waals surface area contributed by atoms with Gasteiger partial charge in [-0.05, 0) is 35.2 Å². The van der Waals surface area contributed by atoms with Crippen molar-refractivity contribution in [2.45, 2.75) is 25.6 Å². The van der Waals surface area contributed by atoms with Crippen LogP contribution in [0.1, 0.15) is 16.7 Å². The van der Waals surface area contributed by atoms with Crippen LogP contribution < -0.4 is 0 Å². The van der Waals surface area contributed by atoms with E-state index in [4.69, 9.17) is 0 Å². The highest BCUT2D eigenvalue weighted by Crippen LogP contribution is 2.20. The summed E-state index contributed by atoms with van der Waals surface area (Å²) in [5, 5.41) is 10.7. The summed E-state index contributed by atoms with van der Waals surface area (Å²) in [6.45, 7) is 4.71. The maximum Gasteiger partial charge on any atom is 0.320 e. The molecule has 0 unspecified atom stereocenters. The van der Waals surface area contributed by atoms with Crippen LogP contribution in [0.4, 0.5) is 4.79 Å². The number of hydrogen-bond donors (Lipinski definition) is 1. The predicted molar refractivity (Wildman–Crippen MR) is 120 cm³/mol. The van der Waals surface area contributed by atoms with Crippen molar-refractivity contribution in [3.63, 3.8) is 0 Å². The smallest absolute Gasteiger partial charge is 0.320 e. The second-order valence-electron chi connectivity index (χ2n) is 8.74. The van der Waals surface area contributed by atoms with Crippen molar-refractivity contribution in [1.82, 2.24) is 24.3 Å². The quantitative estimate of drug-likeness (QED) is 0.666. The summed E-state index contributed by atoms with van der Waals surface area (Å²) in [6, 6.07) is 14.7. The number of benzene rings is 2. The summed E-state index contributed by atoms with van der Waals surface area (Å²) in [7, 11) is 1.98. The zero-order chi connectivity index (χ0) is 21.4. The molecule has 162 valence electrons. The van der Waals surface area contributed by atoms with Crippen LogP contribution in [0, 0.1) is 0 Å². The first-order chi connectivity index (χ1) is 15.1. The highest BCUT2D eigenvalue weighted by molar-refractivity contribution is 5.78. The molecule has 1 N–H and O–H groups in total. The third kappa shape index (κ3) is 4.16. The number of imidazole rings is 1. The van der Waals surface area contributed by atoms with Gasteiger partial charge in [-0.2, -0.15) is 0 Å². The van der Waals surface area contributed by atoms with E-state index in [1.54, 1.807) is 11.2 Å². The Morgan fingerprint density at radius 1 is 1.03 bits per heavy atom. The Morgan fingerprint density at radius 3 is 2.71 bits per heavy atom. The van der Waals surface area contributed by atoms with Crippen LogP contribution in [-0.4, -0.2) is 74.2 Å². The Balaban J connectivity index is 1.16. The minimum absolute atomic E-state index is 0.00754. The second kappa shape index (κ2) is 8.32. The average molecular weight is 420 g/mol. The van der Waals surface area contributed by atoms with Crippen molar-refractivity contribution in [1.29, 1.82) is 0 Å². The first kappa shape index (κ1) is 20.0. The summed E-state index contributed by atoms with van der Waals surface area (Å²) in [4.78, 5) is 23.2. The van der Waals surface area contributed by atoms with Crippen LogP contribution in [0.25, 0.3) is 11.0 Å². The Kier molecular flexibility index (Phi) is 5.38. The molecule has 7 heteroatoms. The molecule has 0 spiro atoms. The van der Waals surface area contributed by atoms with Crippen LogP contribution >= 0.6 is 0 Å². The number of aliphatic hydroxyl groups is 1. The largest absolute Gasteiger partial charge is 0.390 e. The molecule has 0 radical (unpaired) electrons. The molecule has 1 atom stereocenters. The highest BCUT2D eigenvalue weighted by Gasteiger charge is 2.30. The number of rotatable bonds is 6. The van der Waals surface area contributed by atoms with Gasteiger partial charge in [-0.15, -0.1) is 0 Å². The van der Waals surface area contributed by atoms with E-state index in [1.165, 1.54) is 11.1 Å². The number of urea groups is 1. The Hall–Kier alpha value is -2.90. The van der Waals surface area contributed by atoms with Gasteiger partial charge in [0, 0.05) is 52.9 Å². The number of amides is 2. The molecule has 3 heterocycles. The average Bonchev–Trinajstić information content (AvgIpc) is 3.31. The molecule has 1 saturated heterocycles. The van der Waals surface area contributed by atoms with Crippen molar-refractivity contribution >= 4 is 17.1 Å². The Morgan fingerprint density at radius 2 is 1.84 bits per heavy atom. The normalized spacial score (nSPS) is 18.1. The fourth-order valence-corrected chi connectivity index (χ4v) is 4.76. The van der Waals surface area contributed by atoms with Crippen molar-refractivity contribution < 1.29 is 9.90 Å². The standard InChI is InChI=1S/C24H29N5O2/c1-26-17-25-22-7-6-18(12-23(22)26)13-28-10-11-29(24(28)31)16-21(30)15-27-9-8-19-4-2-3-5-20(19)14-27/h2-7,12,17,21,30H,8-11,13-16H2,1H3/t21-/m1/s1. The lowest BCUT2D eigenvalue weighted by molar-refractivity contribution is 0.0812. The molecular weight excluding hydrogens is 390 g/mol. The van der Waals surface area contributed by atoms with Crippen molar-refractivity contribution in [3.05, 3.63) is 65.5 Å². The number of carbonyl (C=O) groups excluding carboxylic acids is 1. The molecule has 1 fully saturated rings. The molecule has 3 aromatic rings. The van der Waals surface area contributed by atoms with Gasteiger partial charge in [-0.1, -0.05) is 30.3 Å². The predicted octanol–water partition coefficient (Wildman–Crippen LogP) is 2.23. The van der Waals surface area contributed by atoms with E-state index in [0.29, 0.717) is 32.7 Å². The van der Waals surface area contributed by atoms with Gasteiger partial charge in [0.15, 0.2) is 0 Å². The molecular formula is C24H29N5O2. The lowest BCUT2D eigenvalue weighted by atomic mass is 10.00. The maximum absolute atomic E-state index is 12.9. The first-order valence-corrected chi connectivity index (χ1v) is 11.0. The van der Waals surface area contributed by atoms with Crippen LogP contribution in [0.3, 0.4) is 0 Å². The third-order valence-electron chi connectivity index (χ3n) is 6.45. The molecule has 2 aliphatic heterocycles. The molecule has 1 aromatic heterocycles. The number of aryl methyl sites for hydroxylation is 1. The SMILES string of the molecule is Cn1cnc2ccc(CN3CCN(C[C@H](O)CN4CCc5ccccc5C4)C3=O)cc21. The van der Waals surface area contributed by atoms with Crippen molar-refractivity contribution in [3.8, 4) is 0 Å². The molecule has 7 nitrogen and oxygen atoms in total. The number of aliphatic hydroxyl groups excluding tert-OH is 1. The van der Waals surface area contributed by atoms with Gasteiger partial charge in [0.05, 0.1) is 23.5 Å². The van der Waals surface area contributed by atoms with E-state index in [2.05, 4.69) is 40.2 Å². The van der Waals surface area contributed by atoms with Crippen molar-refractivity contribution in [2.75, 3.05) is 32.7 Å². The van der Waals surface area contributed by atoms with E-state index >= 15 is 0 Å². The first-order valence-electron chi connectivity index (χ1n) is 11.0. The molecule has 0 saturated carbocycles. The van der Waals surface area contributed by atoms with Gasteiger partial charge in [-0.25, -0.2) is 9.78 Å². The molecule has 2 aliphatic rings. The van der Waals surface area contributed by atoms with Gasteiger partial charge in [0.1, 0.15) is 0 Å². The number of nitrogens with zero attached hydrogens (tertiary/aromatic N) is 5. The molecule has 31 heavy (non-hydrogen) atoms. The lowest BCUT2D eigenvalue weighted by Crippen LogP contribution is -2.43. The van der Waals surface area contributed by atoms with E-state index in [9.17, 15) is 9.90 Å². The maximum atomic E-state index is 12.9. The second-order valence-corrected chi connectivity index (χ2v) is 8.74.